The van der Waals surface area contributed by atoms with Crippen LogP contribution < -0.4 is 10.2 Å². The molecular weight excluding hydrogens is 291 g/mol. The Kier molecular flexibility index (Phi) is 5.22. The van der Waals surface area contributed by atoms with E-state index in [0.29, 0.717) is 6.04 Å². The lowest BCUT2D eigenvalue weighted by Crippen LogP contribution is -2.37. The summed E-state index contributed by atoms with van der Waals surface area (Å²) < 4.78 is 13.8. The minimum Gasteiger partial charge on any atom is -0.393 e. The van der Waals surface area contributed by atoms with Crippen LogP contribution in [0.4, 0.5) is 10.1 Å². The lowest BCUT2D eigenvalue weighted by molar-refractivity contribution is 0.145. The SMILES string of the molecule is CC1CCC(NC(C)c2cc(F)ccc2N2CCC(O)CC2)C1. The summed E-state index contributed by atoms with van der Waals surface area (Å²) in [5.41, 5.74) is 2.16. The van der Waals surface area contributed by atoms with Gasteiger partial charge in [0.1, 0.15) is 5.82 Å². The molecule has 0 aromatic heterocycles. The van der Waals surface area contributed by atoms with E-state index in [9.17, 15) is 9.50 Å². The smallest absolute Gasteiger partial charge is 0.123 e. The van der Waals surface area contributed by atoms with Gasteiger partial charge in [-0.05, 0) is 68.7 Å². The molecule has 128 valence electrons. The Balaban J connectivity index is 1.75. The largest absolute Gasteiger partial charge is 0.393 e. The summed E-state index contributed by atoms with van der Waals surface area (Å²) in [7, 11) is 0. The predicted octanol–water partition coefficient (Wildman–Crippen LogP) is 3.63. The first-order valence-corrected chi connectivity index (χ1v) is 9.01. The van der Waals surface area contributed by atoms with Gasteiger partial charge in [0.15, 0.2) is 0 Å². The molecule has 0 spiro atoms. The molecule has 3 unspecified atom stereocenters. The van der Waals surface area contributed by atoms with E-state index in [4.69, 9.17) is 0 Å². The van der Waals surface area contributed by atoms with Crippen LogP contribution in [0.25, 0.3) is 0 Å². The van der Waals surface area contributed by atoms with Gasteiger partial charge >= 0.3 is 0 Å². The van der Waals surface area contributed by atoms with E-state index >= 15 is 0 Å². The highest BCUT2D eigenvalue weighted by molar-refractivity contribution is 5.55. The average Bonchev–Trinajstić information content (AvgIpc) is 2.93. The van der Waals surface area contributed by atoms with Crippen LogP contribution in [-0.4, -0.2) is 30.3 Å². The number of nitrogens with zero attached hydrogens (tertiary/aromatic N) is 1. The molecular formula is C19H29FN2O. The molecule has 0 amide bonds. The summed E-state index contributed by atoms with van der Waals surface area (Å²) >= 11 is 0. The third-order valence-electron chi connectivity index (χ3n) is 5.44. The Morgan fingerprint density at radius 2 is 1.96 bits per heavy atom. The van der Waals surface area contributed by atoms with Crippen molar-refractivity contribution in [3.8, 4) is 0 Å². The standard InChI is InChI=1S/C19H29FN2O/c1-13-3-5-16(11-13)21-14(2)18-12-15(20)4-6-19(18)22-9-7-17(23)8-10-22/h4,6,12-14,16-17,21,23H,3,5,7-11H2,1-2H3. The van der Waals surface area contributed by atoms with Crippen molar-refractivity contribution in [2.24, 2.45) is 5.92 Å². The van der Waals surface area contributed by atoms with E-state index in [2.05, 4.69) is 24.1 Å². The number of halogens is 1. The first-order chi connectivity index (χ1) is 11.0. The summed E-state index contributed by atoms with van der Waals surface area (Å²) in [5, 5.41) is 13.4. The monoisotopic (exact) mass is 320 g/mol. The summed E-state index contributed by atoms with van der Waals surface area (Å²) in [4.78, 5) is 2.29. The number of nitrogens with one attached hydrogen (secondary N) is 1. The maximum absolute atomic E-state index is 13.8. The van der Waals surface area contributed by atoms with Crippen molar-refractivity contribution in [2.75, 3.05) is 18.0 Å². The van der Waals surface area contributed by atoms with Gasteiger partial charge in [-0.15, -0.1) is 0 Å². The number of hydrogen-bond acceptors (Lipinski definition) is 3. The summed E-state index contributed by atoms with van der Waals surface area (Å²) in [6, 6.07) is 5.81. The van der Waals surface area contributed by atoms with E-state index in [1.54, 1.807) is 12.1 Å². The maximum atomic E-state index is 13.8. The molecule has 3 nitrogen and oxygen atoms in total. The van der Waals surface area contributed by atoms with Crippen molar-refractivity contribution in [1.29, 1.82) is 0 Å². The molecule has 1 saturated heterocycles. The number of rotatable bonds is 4. The zero-order chi connectivity index (χ0) is 16.4. The molecule has 0 radical (unpaired) electrons. The zero-order valence-corrected chi connectivity index (χ0v) is 14.3. The molecule has 3 atom stereocenters. The van der Waals surface area contributed by atoms with E-state index in [1.807, 2.05) is 6.07 Å². The van der Waals surface area contributed by atoms with E-state index < -0.39 is 0 Å². The Hall–Kier alpha value is -1.13. The fourth-order valence-corrected chi connectivity index (χ4v) is 4.07. The van der Waals surface area contributed by atoms with Crippen LogP contribution in [0.3, 0.4) is 0 Å². The average molecular weight is 320 g/mol. The van der Waals surface area contributed by atoms with Gasteiger partial charge in [-0.1, -0.05) is 6.92 Å². The highest BCUT2D eigenvalue weighted by Crippen LogP contribution is 2.32. The third-order valence-corrected chi connectivity index (χ3v) is 5.44. The van der Waals surface area contributed by atoms with Crippen LogP contribution in [0.1, 0.15) is 57.6 Å². The summed E-state index contributed by atoms with van der Waals surface area (Å²) in [6.07, 6.45) is 5.10. The third kappa shape index (κ3) is 4.04. The van der Waals surface area contributed by atoms with Crippen LogP contribution in [0.15, 0.2) is 18.2 Å². The second kappa shape index (κ2) is 7.18. The zero-order valence-electron chi connectivity index (χ0n) is 14.3. The molecule has 1 aliphatic carbocycles. The van der Waals surface area contributed by atoms with E-state index in [0.717, 1.165) is 43.1 Å². The van der Waals surface area contributed by atoms with Gasteiger partial charge in [0.2, 0.25) is 0 Å². The Labute approximate surface area is 138 Å². The number of hydrogen-bond donors (Lipinski definition) is 2. The number of benzene rings is 1. The highest BCUT2D eigenvalue weighted by atomic mass is 19.1. The molecule has 1 aliphatic heterocycles. The second-order valence-electron chi connectivity index (χ2n) is 7.42. The molecule has 2 N–H and O–H groups in total. The first-order valence-electron chi connectivity index (χ1n) is 9.01. The van der Waals surface area contributed by atoms with E-state index in [1.165, 1.54) is 19.3 Å². The van der Waals surface area contributed by atoms with Crippen LogP contribution in [0.2, 0.25) is 0 Å². The van der Waals surface area contributed by atoms with Gasteiger partial charge in [-0.25, -0.2) is 4.39 Å². The predicted molar refractivity (Wildman–Crippen MR) is 92.2 cm³/mol. The lowest BCUT2D eigenvalue weighted by Gasteiger charge is -2.34. The van der Waals surface area contributed by atoms with Gasteiger partial charge in [-0.2, -0.15) is 0 Å². The van der Waals surface area contributed by atoms with Gasteiger partial charge in [0.25, 0.3) is 0 Å². The Morgan fingerprint density at radius 1 is 1.22 bits per heavy atom. The minimum atomic E-state index is -0.189. The second-order valence-corrected chi connectivity index (χ2v) is 7.42. The fraction of sp³-hybridized carbons (Fsp3) is 0.684. The van der Waals surface area contributed by atoms with Crippen molar-refractivity contribution in [2.45, 2.75) is 64.1 Å². The van der Waals surface area contributed by atoms with Crippen molar-refractivity contribution >= 4 is 5.69 Å². The minimum absolute atomic E-state index is 0.142. The fourth-order valence-electron chi connectivity index (χ4n) is 4.07. The molecule has 4 heteroatoms. The molecule has 1 saturated carbocycles. The van der Waals surface area contributed by atoms with Gasteiger partial charge in [-0.3, -0.25) is 0 Å². The quantitative estimate of drug-likeness (QED) is 0.889. The Morgan fingerprint density at radius 3 is 2.61 bits per heavy atom. The molecule has 2 fully saturated rings. The number of aliphatic hydroxyl groups excluding tert-OH is 1. The van der Waals surface area contributed by atoms with Crippen molar-refractivity contribution in [3.63, 3.8) is 0 Å². The molecule has 3 rings (SSSR count). The van der Waals surface area contributed by atoms with Crippen LogP contribution in [0, 0.1) is 11.7 Å². The highest BCUT2D eigenvalue weighted by Gasteiger charge is 2.25. The van der Waals surface area contributed by atoms with Crippen molar-refractivity contribution in [3.05, 3.63) is 29.6 Å². The van der Waals surface area contributed by atoms with Crippen molar-refractivity contribution < 1.29 is 9.50 Å². The molecule has 23 heavy (non-hydrogen) atoms. The molecule has 2 aliphatic rings. The maximum Gasteiger partial charge on any atom is 0.123 e. The first kappa shape index (κ1) is 16.7. The van der Waals surface area contributed by atoms with Gasteiger partial charge < -0.3 is 15.3 Å². The molecule has 0 bridgehead atoms. The lowest BCUT2D eigenvalue weighted by atomic mass is 10.0. The normalized spacial score (nSPS) is 27.4. The van der Waals surface area contributed by atoms with Crippen LogP contribution >= 0.6 is 0 Å². The van der Waals surface area contributed by atoms with E-state index in [-0.39, 0.29) is 18.0 Å². The van der Waals surface area contributed by atoms with Crippen LogP contribution in [0.5, 0.6) is 0 Å². The molecule has 1 heterocycles. The number of aliphatic hydroxyl groups is 1. The van der Waals surface area contributed by atoms with Gasteiger partial charge in [0, 0.05) is 30.9 Å². The van der Waals surface area contributed by atoms with Crippen LogP contribution in [-0.2, 0) is 0 Å². The summed E-state index contributed by atoms with van der Waals surface area (Å²) in [5.74, 6) is 0.615. The molecule has 1 aromatic carbocycles. The number of piperidine rings is 1. The summed E-state index contributed by atoms with van der Waals surface area (Å²) in [6.45, 7) is 6.12. The Bertz CT molecular complexity index is 528. The van der Waals surface area contributed by atoms with Crippen molar-refractivity contribution in [1.82, 2.24) is 5.32 Å². The van der Waals surface area contributed by atoms with Gasteiger partial charge in [0.05, 0.1) is 6.10 Å². The topological polar surface area (TPSA) is 35.5 Å². The number of anilines is 1. The molecule has 1 aromatic rings.